The van der Waals surface area contributed by atoms with E-state index in [1.54, 1.807) is 0 Å². The van der Waals surface area contributed by atoms with E-state index in [0.29, 0.717) is 0 Å². The highest BCUT2D eigenvalue weighted by Crippen LogP contribution is 1.89. The molecule has 0 spiro atoms. The highest BCUT2D eigenvalue weighted by atomic mass is 28.3. The van der Waals surface area contributed by atoms with Crippen LogP contribution in [0.2, 0.25) is 0 Å². The predicted molar refractivity (Wildman–Crippen MR) is 36.7 cm³/mol. The molecule has 0 amide bonds. The van der Waals surface area contributed by atoms with Gasteiger partial charge in [-0.25, -0.2) is 0 Å². The summed E-state index contributed by atoms with van der Waals surface area (Å²) in [6.45, 7) is 6.70. The Hall–Kier alpha value is -0.743. The van der Waals surface area contributed by atoms with Gasteiger partial charge in [0.15, 0.2) is 0 Å². The molecule has 0 fully saturated rings. The lowest BCUT2D eigenvalue weighted by Crippen LogP contribution is -2.20. The Bertz CT molecular complexity index is 84.2. The molecule has 0 aliphatic carbocycles. The molecule has 4 heteroatoms. The molecule has 0 aliphatic rings. The third kappa shape index (κ3) is 3.81. The molecular weight excluding hydrogens is 136 g/mol. The first kappa shape index (κ1) is 8.26. The largest absolute Gasteiger partial charge is 0.614 e. The summed E-state index contributed by atoms with van der Waals surface area (Å²) in [5.41, 5.74) is 0. The van der Waals surface area contributed by atoms with Crippen LogP contribution in [0, 0.1) is 0 Å². The van der Waals surface area contributed by atoms with Gasteiger partial charge in [-0.15, -0.1) is 0 Å². The van der Waals surface area contributed by atoms with Gasteiger partial charge in [-0.2, -0.15) is 0 Å². The van der Waals surface area contributed by atoms with Crippen LogP contribution in [0.5, 0.6) is 0 Å². The van der Waals surface area contributed by atoms with E-state index in [2.05, 4.69) is 13.2 Å². The lowest BCUT2D eigenvalue weighted by atomic mass is 11.2. The maximum Gasteiger partial charge on any atom is 0.614 e. The van der Waals surface area contributed by atoms with E-state index in [0.717, 1.165) is 0 Å². The first-order chi connectivity index (χ1) is 4.35. The molecule has 52 valence electrons. The fourth-order valence-corrected chi connectivity index (χ4v) is 0.901. The van der Waals surface area contributed by atoms with Gasteiger partial charge >= 0.3 is 9.53 Å². The first-order valence-electron chi connectivity index (χ1n) is 2.40. The van der Waals surface area contributed by atoms with E-state index in [1.807, 2.05) is 0 Å². The summed E-state index contributed by atoms with van der Waals surface area (Å²) >= 11 is 0. The van der Waals surface area contributed by atoms with Gasteiger partial charge in [0.05, 0.1) is 12.5 Å². The minimum atomic E-state index is -1.95. The average Bonchev–Trinajstić information content (AvgIpc) is 1.88. The van der Waals surface area contributed by atoms with Gasteiger partial charge in [0, 0.05) is 7.11 Å². The van der Waals surface area contributed by atoms with Crippen LogP contribution in [-0.4, -0.2) is 16.6 Å². The highest BCUT2D eigenvalue weighted by molar-refractivity contribution is 6.36. The molecule has 0 saturated carbocycles. The van der Waals surface area contributed by atoms with Crippen molar-refractivity contribution < 1.29 is 13.3 Å². The number of hydrogen-bond acceptors (Lipinski definition) is 3. The molecule has 0 aromatic rings. The standard InChI is InChI=1S/C5H10O3Si/c1-4-7-9(6-3)8-5-2/h4-5,9H,1-2H2,3H3. The van der Waals surface area contributed by atoms with Crippen molar-refractivity contribution in [3.63, 3.8) is 0 Å². The predicted octanol–water partition coefficient (Wildman–Crippen LogP) is 0.670. The van der Waals surface area contributed by atoms with E-state index in [4.69, 9.17) is 13.3 Å². The molecule has 0 N–H and O–H groups in total. The van der Waals surface area contributed by atoms with Crippen molar-refractivity contribution in [2.45, 2.75) is 0 Å². The van der Waals surface area contributed by atoms with Gasteiger partial charge < -0.3 is 13.3 Å². The molecule has 0 aromatic carbocycles. The Kier molecular flexibility index (Phi) is 4.95. The summed E-state index contributed by atoms with van der Waals surface area (Å²) in [6, 6.07) is 0. The van der Waals surface area contributed by atoms with Crippen LogP contribution in [0.1, 0.15) is 0 Å². The van der Waals surface area contributed by atoms with Crippen molar-refractivity contribution >= 4 is 9.53 Å². The maximum absolute atomic E-state index is 4.82. The third-order valence-corrected chi connectivity index (χ3v) is 1.82. The van der Waals surface area contributed by atoms with Gasteiger partial charge in [0.25, 0.3) is 0 Å². The minimum Gasteiger partial charge on any atom is -0.502 e. The zero-order valence-corrected chi connectivity index (χ0v) is 6.53. The Morgan fingerprint density at radius 3 is 1.89 bits per heavy atom. The smallest absolute Gasteiger partial charge is 0.502 e. The van der Waals surface area contributed by atoms with E-state index in [9.17, 15) is 0 Å². The van der Waals surface area contributed by atoms with Crippen LogP contribution < -0.4 is 0 Å². The van der Waals surface area contributed by atoms with Crippen molar-refractivity contribution in [3.05, 3.63) is 25.7 Å². The third-order valence-electron chi connectivity index (χ3n) is 0.607. The lowest BCUT2D eigenvalue weighted by Gasteiger charge is -2.08. The van der Waals surface area contributed by atoms with E-state index >= 15 is 0 Å². The van der Waals surface area contributed by atoms with E-state index in [1.165, 1.54) is 19.6 Å². The summed E-state index contributed by atoms with van der Waals surface area (Å²) in [7, 11) is -0.431. The zero-order chi connectivity index (χ0) is 7.11. The second-order valence-electron chi connectivity index (χ2n) is 1.13. The van der Waals surface area contributed by atoms with Crippen molar-refractivity contribution in [2.24, 2.45) is 0 Å². The second-order valence-corrected chi connectivity index (χ2v) is 2.72. The van der Waals surface area contributed by atoms with Crippen molar-refractivity contribution in [1.82, 2.24) is 0 Å². The summed E-state index contributed by atoms with van der Waals surface area (Å²) in [4.78, 5) is 0. The van der Waals surface area contributed by atoms with Crippen LogP contribution in [0.15, 0.2) is 25.7 Å². The molecule has 0 atom stereocenters. The van der Waals surface area contributed by atoms with Crippen molar-refractivity contribution in [2.75, 3.05) is 7.11 Å². The van der Waals surface area contributed by atoms with Gasteiger partial charge in [-0.05, 0) is 0 Å². The lowest BCUT2D eigenvalue weighted by molar-refractivity contribution is 0.202. The van der Waals surface area contributed by atoms with Crippen LogP contribution in [0.3, 0.4) is 0 Å². The van der Waals surface area contributed by atoms with E-state index < -0.39 is 9.53 Å². The first-order valence-corrected chi connectivity index (χ1v) is 3.82. The molecule has 0 saturated heterocycles. The van der Waals surface area contributed by atoms with Gasteiger partial charge in [0.2, 0.25) is 0 Å². The molecule has 0 rings (SSSR count). The molecule has 0 aliphatic heterocycles. The van der Waals surface area contributed by atoms with E-state index in [-0.39, 0.29) is 0 Å². The highest BCUT2D eigenvalue weighted by Gasteiger charge is 2.10. The summed E-state index contributed by atoms with van der Waals surface area (Å²) < 4.78 is 14.4. The number of rotatable bonds is 5. The SMILES string of the molecule is C=CO[SiH](OC)OC=C. The summed E-state index contributed by atoms with van der Waals surface area (Å²) in [5.74, 6) is 0. The second kappa shape index (κ2) is 5.39. The van der Waals surface area contributed by atoms with Crippen molar-refractivity contribution in [1.29, 1.82) is 0 Å². The van der Waals surface area contributed by atoms with Crippen LogP contribution in [0.4, 0.5) is 0 Å². The zero-order valence-electron chi connectivity index (χ0n) is 5.37. The normalized spacial score (nSPS) is 8.67. The maximum atomic E-state index is 4.82. The average molecular weight is 146 g/mol. The fourth-order valence-electron chi connectivity index (χ4n) is 0.300. The van der Waals surface area contributed by atoms with Crippen LogP contribution in [-0.2, 0) is 13.3 Å². The van der Waals surface area contributed by atoms with Crippen LogP contribution >= 0.6 is 0 Å². The Balaban J connectivity index is 3.39. The Morgan fingerprint density at radius 2 is 1.67 bits per heavy atom. The van der Waals surface area contributed by atoms with Gasteiger partial charge in [0.1, 0.15) is 0 Å². The Morgan fingerprint density at radius 1 is 1.22 bits per heavy atom. The van der Waals surface area contributed by atoms with Gasteiger partial charge in [-0.1, -0.05) is 13.2 Å². The molecule has 0 radical (unpaired) electrons. The molecular formula is C5H10O3Si. The molecule has 0 aromatic heterocycles. The topological polar surface area (TPSA) is 27.7 Å². The molecule has 9 heavy (non-hydrogen) atoms. The summed E-state index contributed by atoms with van der Waals surface area (Å²) in [5, 5.41) is 0. The fraction of sp³-hybridized carbons (Fsp3) is 0.200. The monoisotopic (exact) mass is 146 g/mol. The van der Waals surface area contributed by atoms with Gasteiger partial charge in [-0.3, -0.25) is 0 Å². The summed E-state index contributed by atoms with van der Waals surface area (Å²) in [6.07, 6.45) is 2.59. The molecule has 0 unspecified atom stereocenters. The van der Waals surface area contributed by atoms with Crippen LogP contribution in [0.25, 0.3) is 0 Å². The minimum absolute atomic E-state index is 1.30. The van der Waals surface area contributed by atoms with Crippen molar-refractivity contribution in [3.8, 4) is 0 Å². The molecule has 0 bridgehead atoms. The molecule has 0 heterocycles. The number of hydrogen-bond donors (Lipinski definition) is 0. The molecule has 3 nitrogen and oxygen atoms in total. The Labute approximate surface area is 56.5 Å². The quantitative estimate of drug-likeness (QED) is 0.421.